The number of aromatic nitrogens is 3. The van der Waals surface area contributed by atoms with Gasteiger partial charge in [-0.25, -0.2) is 9.37 Å². The highest BCUT2D eigenvalue weighted by atomic mass is 32.1. The first-order chi connectivity index (χ1) is 13.6. The molecule has 0 unspecified atom stereocenters. The van der Waals surface area contributed by atoms with E-state index in [1.807, 2.05) is 6.07 Å². The Bertz CT molecular complexity index is 1000. The van der Waals surface area contributed by atoms with Crippen LogP contribution in [0.25, 0.3) is 4.96 Å². The highest BCUT2D eigenvalue weighted by Crippen LogP contribution is 2.37. The summed E-state index contributed by atoms with van der Waals surface area (Å²) in [4.78, 5) is 6.83. The molecule has 1 atom stereocenters. The molecule has 2 saturated heterocycles. The number of fused-ring (bicyclic) bond motifs is 1. The van der Waals surface area contributed by atoms with E-state index in [1.165, 1.54) is 26.8 Å². The van der Waals surface area contributed by atoms with E-state index in [9.17, 15) is 9.50 Å². The van der Waals surface area contributed by atoms with Crippen LogP contribution < -0.4 is 4.90 Å². The zero-order chi connectivity index (χ0) is 19.3. The second-order valence-electron chi connectivity index (χ2n) is 7.36. The summed E-state index contributed by atoms with van der Waals surface area (Å²) in [5, 5.41) is 15.1. The summed E-state index contributed by atoms with van der Waals surface area (Å²) in [6.45, 7) is 4.54. The summed E-state index contributed by atoms with van der Waals surface area (Å²) in [6.07, 6.45) is 1.49. The Hall–Kier alpha value is -2.07. The van der Waals surface area contributed by atoms with Gasteiger partial charge in [-0.1, -0.05) is 23.5 Å². The minimum atomic E-state index is -0.492. The minimum absolute atomic E-state index is 0.0370. The second-order valence-corrected chi connectivity index (χ2v) is 8.37. The van der Waals surface area contributed by atoms with E-state index in [2.05, 4.69) is 10.1 Å². The minimum Gasteiger partial charge on any atom is -0.492 e. The van der Waals surface area contributed by atoms with Crippen LogP contribution in [-0.4, -0.2) is 51.8 Å². The number of ether oxygens (including phenoxy) is 2. The highest BCUT2D eigenvalue weighted by Gasteiger charge is 2.45. The van der Waals surface area contributed by atoms with Gasteiger partial charge in [0.05, 0.1) is 44.7 Å². The fourth-order valence-corrected chi connectivity index (χ4v) is 5.50. The van der Waals surface area contributed by atoms with Gasteiger partial charge < -0.3 is 19.5 Å². The lowest BCUT2D eigenvalue weighted by molar-refractivity contribution is -0.933. The Kier molecular flexibility index (Phi) is 4.35. The Morgan fingerprint density at radius 2 is 1.96 bits per heavy atom. The van der Waals surface area contributed by atoms with Crippen LogP contribution in [0.4, 0.5) is 4.39 Å². The third-order valence-corrected chi connectivity index (χ3v) is 6.74. The number of halogens is 1. The molecule has 4 heterocycles. The van der Waals surface area contributed by atoms with Crippen molar-refractivity contribution in [3.63, 3.8) is 0 Å². The molecule has 5 rings (SSSR count). The number of benzene rings is 1. The van der Waals surface area contributed by atoms with Crippen LogP contribution >= 0.6 is 11.3 Å². The van der Waals surface area contributed by atoms with E-state index in [1.54, 1.807) is 19.1 Å². The van der Waals surface area contributed by atoms with E-state index < -0.39 is 5.79 Å². The predicted molar refractivity (Wildman–Crippen MR) is 100 cm³/mol. The number of nitrogens with one attached hydrogen (secondary N) is 1. The lowest BCUT2D eigenvalue weighted by Crippen LogP contribution is -3.14. The quantitative estimate of drug-likeness (QED) is 0.690. The molecular formula is C19H22FN4O3S+. The van der Waals surface area contributed by atoms with Gasteiger partial charge in [-0.3, -0.25) is 0 Å². The van der Waals surface area contributed by atoms with Crippen LogP contribution in [-0.2, 0) is 9.47 Å². The summed E-state index contributed by atoms with van der Waals surface area (Å²) in [5.41, 5.74) is 0.568. The van der Waals surface area contributed by atoms with Crippen molar-refractivity contribution in [2.24, 2.45) is 0 Å². The number of nitrogens with zero attached hydrogens (tertiary/aromatic N) is 3. The number of aryl methyl sites for hydroxylation is 1. The van der Waals surface area contributed by atoms with Gasteiger partial charge in [-0.15, -0.1) is 5.10 Å². The van der Waals surface area contributed by atoms with Gasteiger partial charge in [0.2, 0.25) is 10.8 Å². The Morgan fingerprint density at radius 1 is 1.25 bits per heavy atom. The summed E-state index contributed by atoms with van der Waals surface area (Å²) < 4.78 is 27.9. The molecule has 2 N–H and O–H groups in total. The second kappa shape index (κ2) is 6.77. The first-order valence-corrected chi connectivity index (χ1v) is 10.3. The number of aromatic hydroxyl groups is 1. The molecule has 0 bridgehead atoms. The van der Waals surface area contributed by atoms with Gasteiger partial charge in [0.15, 0.2) is 11.8 Å². The van der Waals surface area contributed by atoms with Gasteiger partial charge >= 0.3 is 0 Å². The maximum absolute atomic E-state index is 14.8. The standard InChI is InChI=1S/C19H21FN4O3S/c1-12-21-18-24(22-12)17(25)16(28-18)15(13-4-2-3-5-14(13)20)23-8-6-19(7-9-23)26-10-11-27-19/h2-5,15,25H,6-11H2,1H3/p+1/t15-/m1/s1. The molecule has 2 aromatic heterocycles. The van der Waals surface area contributed by atoms with Crippen LogP contribution in [0.1, 0.15) is 35.1 Å². The number of hydrogen-bond acceptors (Lipinski definition) is 6. The topological polar surface area (TPSA) is 73.3 Å². The largest absolute Gasteiger partial charge is 0.492 e. The predicted octanol–water partition coefficient (Wildman–Crippen LogP) is 1.46. The summed E-state index contributed by atoms with van der Waals surface area (Å²) in [7, 11) is 0. The zero-order valence-electron chi connectivity index (χ0n) is 15.5. The Morgan fingerprint density at radius 3 is 2.64 bits per heavy atom. The van der Waals surface area contributed by atoms with Crippen LogP contribution in [0.15, 0.2) is 24.3 Å². The summed E-state index contributed by atoms with van der Waals surface area (Å²) >= 11 is 1.36. The zero-order valence-corrected chi connectivity index (χ0v) is 16.3. The number of rotatable bonds is 3. The first-order valence-electron chi connectivity index (χ1n) is 9.48. The molecule has 0 radical (unpaired) electrons. The molecule has 2 fully saturated rings. The van der Waals surface area contributed by atoms with Crippen molar-refractivity contribution in [1.82, 2.24) is 14.6 Å². The normalized spacial score (nSPS) is 20.9. The molecule has 0 amide bonds. The lowest BCUT2D eigenvalue weighted by atomic mass is 9.97. The number of likely N-dealkylation sites (tertiary alicyclic amines) is 1. The van der Waals surface area contributed by atoms with Gasteiger partial charge in [0.25, 0.3) is 0 Å². The van der Waals surface area contributed by atoms with Crippen molar-refractivity contribution in [1.29, 1.82) is 0 Å². The maximum atomic E-state index is 14.8. The van der Waals surface area contributed by atoms with Crippen molar-refractivity contribution in [3.8, 4) is 5.88 Å². The molecule has 1 spiro atoms. The Labute approximate surface area is 165 Å². The summed E-state index contributed by atoms with van der Waals surface area (Å²) in [6, 6.07) is 6.43. The van der Waals surface area contributed by atoms with Gasteiger partial charge in [0, 0.05) is 0 Å². The number of quaternary nitrogens is 1. The molecule has 28 heavy (non-hydrogen) atoms. The third-order valence-electron chi connectivity index (χ3n) is 5.66. The van der Waals surface area contributed by atoms with Crippen molar-refractivity contribution in [3.05, 3.63) is 46.3 Å². The monoisotopic (exact) mass is 405 g/mol. The molecule has 0 aliphatic carbocycles. The van der Waals surface area contributed by atoms with E-state index in [0.29, 0.717) is 34.4 Å². The fourth-order valence-electron chi connectivity index (χ4n) is 4.32. The molecular weight excluding hydrogens is 383 g/mol. The van der Waals surface area contributed by atoms with E-state index in [0.717, 1.165) is 25.9 Å². The number of thiazole rings is 1. The van der Waals surface area contributed by atoms with Crippen LogP contribution in [0.3, 0.4) is 0 Å². The molecule has 2 aliphatic rings. The van der Waals surface area contributed by atoms with E-state index in [4.69, 9.17) is 9.47 Å². The fraction of sp³-hybridized carbons (Fsp3) is 0.474. The van der Waals surface area contributed by atoms with E-state index in [-0.39, 0.29) is 17.7 Å². The van der Waals surface area contributed by atoms with Gasteiger partial charge in [0.1, 0.15) is 16.5 Å². The SMILES string of the molecule is Cc1nc2sc([C@@H](c3ccccc3F)[NH+]3CCC4(CC3)OCCO4)c(O)n2n1. The molecule has 3 aromatic rings. The Balaban J connectivity index is 1.55. The smallest absolute Gasteiger partial charge is 0.235 e. The number of piperidine rings is 1. The molecule has 7 nitrogen and oxygen atoms in total. The summed E-state index contributed by atoms with van der Waals surface area (Å²) in [5.74, 6) is -0.134. The van der Waals surface area contributed by atoms with Crippen molar-refractivity contribution in [2.45, 2.75) is 31.6 Å². The molecule has 9 heteroatoms. The van der Waals surface area contributed by atoms with Crippen molar-refractivity contribution < 1.29 is 23.9 Å². The maximum Gasteiger partial charge on any atom is 0.235 e. The molecule has 2 aliphatic heterocycles. The van der Waals surface area contributed by atoms with Crippen LogP contribution in [0.2, 0.25) is 0 Å². The average Bonchev–Trinajstić information content (AvgIpc) is 3.36. The van der Waals surface area contributed by atoms with Crippen LogP contribution in [0, 0.1) is 12.7 Å². The molecule has 1 aromatic carbocycles. The first kappa shape index (κ1) is 18.0. The molecule has 0 saturated carbocycles. The average molecular weight is 405 g/mol. The van der Waals surface area contributed by atoms with Gasteiger partial charge in [-0.2, -0.15) is 4.52 Å². The lowest BCUT2D eigenvalue weighted by Gasteiger charge is -2.38. The van der Waals surface area contributed by atoms with Crippen molar-refractivity contribution in [2.75, 3.05) is 26.3 Å². The van der Waals surface area contributed by atoms with Crippen LogP contribution in [0.5, 0.6) is 5.88 Å². The van der Waals surface area contributed by atoms with E-state index >= 15 is 0 Å². The number of hydrogen-bond donors (Lipinski definition) is 2. The van der Waals surface area contributed by atoms with Gasteiger partial charge in [-0.05, 0) is 19.1 Å². The highest BCUT2D eigenvalue weighted by molar-refractivity contribution is 7.17. The van der Waals surface area contributed by atoms with Crippen molar-refractivity contribution >= 4 is 16.3 Å². The molecule has 148 valence electrons. The third kappa shape index (κ3) is 2.89.